The number of anilines is 1. The van der Waals surface area contributed by atoms with Crippen molar-refractivity contribution in [2.45, 2.75) is 30.8 Å². The second kappa shape index (κ2) is 8.88. The molecule has 26 heavy (non-hydrogen) atoms. The van der Waals surface area contributed by atoms with E-state index in [1.165, 1.54) is 0 Å². The van der Waals surface area contributed by atoms with Crippen LogP contribution in [0.1, 0.15) is 13.8 Å². The van der Waals surface area contributed by atoms with Crippen molar-refractivity contribution in [2.24, 2.45) is 0 Å². The molecular weight excluding hydrogens is 376 g/mol. The summed E-state index contributed by atoms with van der Waals surface area (Å²) in [6.45, 7) is 8.19. The third-order valence-electron chi connectivity index (χ3n) is 3.87. The zero-order chi connectivity index (χ0) is 18.5. The molecule has 8 nitrogen and oxygen atoms in total. The maximum absolute atomic E-state index is 11.3. The topological polar surface area (TPSA) is 85.2 Å². The molecule has 142 valence electrons. The van der Waals surface area contributed by atoms with Gasteiger partial charge in [-0.2, -0.15) is 5.10 Å². The molecule has 0 saturated carbocycles. The molecule has 1 amide bonds. The number of thioether (sulfide) groups is 1. The number of ether oxygens (including phenoxy) is 1. The number of alkyl halides is 1. The second-order valence-electron chi connectivity index (χ2n) is 6.18. The highest BCUT2D eigenvalue weighted by Crippen LogP contribution is 2.29. The largest absolute Gasteiger partial charge is 0.378 e. The number of carbonyl (C=O) groups excluding carboxylic acids is 1. The van der Waals surface area contributed by atoms with Crippen LogP contribution in [0.2, 0.25) is 0 Å². The lowest BCUT2D eigenvalue weighted by Crippen LogP contribution is -2.37. The van der Waals surface area contributed by atoms with E-state index in [1.807, 2.05) is 0 Å². The van der Waals surface area contributed by atoms with Crippen molar-refractivity contribution in [1.29, 1.82) is 0 Å². The van der Waals surface area contributed by atoms with Crippen LogP contribution in [0.4, 0.5) is 5.82 Å². The molecule has 0 aromatic carbocycles. The van der Waals surface area contributed by atoms with Gasteiger partial charge in [0, 0.05) is 24.9 Å². The van der Waals surface area contributed by atoms with E-state index in [0.717, 1.165) is 35.1 Å². The Bertz CT molecular complexity index is 763. The van der Waals surface area contributed by atoms with E-state index in [4.69, 9.17) is 26.3 Å². The van der Waals surface area contributed by atoms with Crippen LogP contribution in [0.5, 0.6) is 0 Å². The number of fused-ring (bicyclic) bond motifs is 1. The SMILES string of the molecule is CC(C)Sc1nc(N2CCOCC2)c2cnn(CCNC(=O)CCl)c2n1. The normalized spacial score (nSPS) is 15.0. The Morgan fingerprint density at radius 2 is 2.15 bits per heavy atom. The summed E-state index contributed by atoms with van der Waals surface area (Å²) in [5.41, 5.74) is 0.782. The van der Waals surface area contributed by atoms with E-state index in [0.29, 0.717) is 31.6 Å². The molecule has 0 bridgehead atoms. The van der Waals surface area contributed by atoms with E-state index in [2.05, 4.69) is 29.2 Å². The van der Waals surface area contributed by atoms with Crippen LogP contribution in [-0.4, -0.2) is 69.6 Å². The van der Waals surface area contributed by atoms with Crippen LogP contribution in [-0.2, 0) is 16.1 Å². The Balaban J connectivity index is 1.91. The number of morpholine rings is 1. The molecule has 3 rings (SSSR count). The van der Waals surface area contributed by atoms with Gasteiger partial charge in [-0.1, -0.05) is 25.6 Å². The van der Waals surface area contributed by atoms with E-state index >= 15 is 0 Å². The number of hydrogen-bond donors (Lipinski definition) is 1. The van der Waals surface area contributed by atoms with E-state index in [9.17, 15) is 4.79 Å². The third kappa shape index (κ3) is 4.57. The molecule has 10 heteroatoms. The third-order valence-corrected chi connectivity index (χ3v) is 4.98. The Hall–Kier alpha value is -1.58. The van der Waals surface area contributed by atoms with Crippen molar-refractivity contribution in [3.05, 3.63) is 6.20 Å². The zero-order valence-corrected chi connectivity index (χ0v) is 16.5. The molecule has 1 aliphatic heterocycles. The van der Waals surface area contributed by atoms with Crippen LogP contribution in [0.15, 0.2) is 11.4 Å². The predicted molar refractivity (Wildman–Crippen MR) is 103 cm³/mol. The van der Waals surface area contributed by atoms with Crippen molar-refractivity contribution in [3.8, 4) is 0 Å². The van der Waals surface area contributed by atoms with Crippen LogP contribution in [0.25, 0.3) is 11.0 Å². The fraction of sp³-hybridized carbons (Fsp3) is 0.625. The summed E-state index contributed by atoms with van der Waals surface area (Å²) in [7, 11) is 0. The van der Waals surface area contributed by atoms with E-state index < -0.39 is 0 Å². The van der Waals surface area contributed by atoms with Crippen molar-refractivity contribution < 1.29 is 9.53 Å². The minimum atomic E-state index is -0.192. The number of aromatic nitrogens is 4. The average Bonchev–Trinajstić information content (AvgIpc) is 3.04. The average molecular weight is 399 g/mol. The number of nitrogens with one attached hydrogen (secondary N) is 1. The van der Waals surface area contributed by atoms with Gasteiger partial charge < -0.3 is 15.0 Å². The molecule has 1 saturated heterocycles. The van der Waals surface area contributed by atoms with E-state index in [1.54, 1.807) is 22.6 Å². The van der Waals surface area contributed by atoms with E-state index in [-0.39, 0.29) is 11.8 Å². The number of nitrogens with zero attached hydrogens (tertiary/aromatic N) is 5. The molecule has 0 atom stereocenters. The summed E-state index contributed by atoms with van der Waals surface area (Å²) in [6.07, 6.45) is 1.80. The quantitative estimate of drug-likeness (QED) is 0.430. The molecule has 3 heterocycles. The summed E-state index contributed by atoms with van der Waals surface area (Å²) >= 11 is 7.14. The van der Waals surface area contributed by atoms with Crippen LogP contribution >= 0.6 is 23.4 Å². The predicted octanol–water partition coefficient (Wildman–Crippen LogP) is 1.52. The summed E-state index contributed by atoms with van der Waals surface area (Å²) in [5.74, 6) is 0.665. The second-order valence-corrected chi connectivity index (χ2v) is 8.00. The number of amides is 1. The minimum Gasteiger partial charge on any atom is -0.378 e. The molecule has 2 aromatic rings. The lowest BCUT2D eigenvalue weighted by molar-refractivity contribution is -0.118. The molecule has 0 unspecified atom stereocenters. The monoisotopic (exact) mass is 398 g/mol. The summed E-state index contributed by atoms with van der Waals surface area (Å²) in [4.78, 5) is 23.0. The van der Waals surface area contributed by atoms with Crippen LogP contribution in [0, 0.1) is 0 Å². The highest BCUT2D eigenvalue weighted by Gasteiger charge is 2.20. The summed E-state index contributed by atoms with van der Waals surface area (Å²) in [6, 6.07) is 0. The molecule has 0 aliphatic carbocycles. The van der Waals surface area contributed by atoms with Gasteiger partial charge in [-0.15, -0.1) is 11.6 Å². The van der Waals surface area contributed by atoms with Gasteiger partial charge in [-0.3, -0.25) is 4.79 Å². The van der Waals surface area contributed by atoms with Crippen molar-refractivity contribution in [2.75, 3.05) is 43.6 Å². The molecule has 0 radical (unpaired) electrons. The van der Waals surface area contributed by atoms with Crippen molar-refractivity contribution in [1.82, 2.24) is 25.1 Å². The summed E-state index contributed by atoms with van der Waals surface area (Å²) in [5, 5.41) is 9.25. The summed E-state index contributed by atoms with van der Waals surface area (Å²) < 4.78 is 7.26. The highest BCUT2D eigenvalue weighted by atomic mass is 35.5. The number of hydrogen-bond acceptors (Lipinski definition) is 7. The van der Waals surface area contributed by atoms with Gasteiger partial charge >= 0.3 is 0 Å². The Morgan fingerprint density at radius 1 is 1.38 bits per heavy atom. The lowest BCUT2D eigenvalue weighted by atomic mass is 10.3. The molecule has 1 N–H and O–H groups in total. The Kier molecular flexibility index (Phi) is 6.55. The number of rotatable bonds is 7. The molecule has 2 aromatic heterocycles. The lowest BCUT2D eigenvalue weighted by Gasteiger charge is -2.28. The zero-order valence-electron chi connectivity index (χ0n) is 14.9. The van der Waals surface area contributed by atoms with Gasteiger partial charge in [0.05, 0.1) is 31.3 Å². The van der Waals surface area contributed by atoms with Crippen molar-refractivity contribution >= 4 is 46.1 Å². The van der Waals surface area contributed by atoms with Gasteiger partial charge in [0.15, 0.2) is 10.8 Å². The first-order valence-corrected chi connectivity index (χ1v) is 10.1. The highest BCUT2D eigenvalue weighted by molar-refractivity contribution is 7.99. The number of carbonyl (C=O) groups is 1. The van der Waals surface area contributed by atoms with Crippen LogP contribution < -0.4 is 10.2 Å². The fourth-order valence-electron chi connectivity index (χ4n) is 2.71. The first kappa shape index (κ1) is 19.2. The van der Waals surface area contributed by atoms with Gasteiger partial charge in [-0.25, -0.2) is 14.6 Å². The Morgan fingerprint density at radius 3 is 2.85 bits per heavy atom. The minimum absolute atomic E-state index is 0.0433. The first-order valence-electron chi connectivity index (χ1n) is 8.64. The maximum Gasteiger partial charge on any atom is 0.234 e. The molecular formula is C16H23ClN6O2S. The molecule has 1 aliphatic rings. The fourth-order valence-corrected chi connectivity index (χ4v) is 3.51. The van der Waals surface area contributed by atoms with Gasteiger partial charge in [0.25, 0.3) is 0 Å². The maximum atomic E-state index is 11.3. The smallest absolute Gasteiger partial charge is 0.234 e. The first-order chi connectivity index (χ1) is 12.6. The Labute approximate surface area is 161 Å². The van der Waals surface area contributed by atoms with Gasteiger partial charge in [-0.05, 0) is 0 Å². The van der Waals surface area contributed by atoms with Gasteiger partial charge in [0.1, 0.15) is 11.7 Å². The standard InChI is InChI=1S/C16H23ClN6O2S/c1-11(2)26-16-20-14(22-5-7-25-8-6-22)12-10-19-23(15(12)21-16)4-3-18-13(24)9-17/h10-11H,3-9H2,1-2H3,(H,18,24). The number of halogens is 1. The van der Waals surface area contributed by atoms with Gasteiger partial charge in [0.2, 0.25) is 5.91 Å². The van der Waals surface area contributed by atoms with Crippen molar-refractivity contribution in [3.63, 3.8) is 0 Å². The molecule has 1 fully saturated rings. The van der Waals surface area contributed by atoms with Crippen LogP contribution in [0.3, 0.4) is 0 Å². The molecule has 0 spiro atoms.